The number of nitrogens with zero attached hydrogens (tertiary/aromatic N) is 1. The quantitative estimate of drug-likeness (QED) is 0.262. The first-order valence-electron chi connectivity index (χ1n) is 5.52. The van der Waals surface area contributed by atoms with Gasteiger partial charge in [0, 0.05) is 25.0 Å². The molecule has 1 aromatic rings. The van der Waals surface area contributed by atoms with Gasteiger partial charge in [-0.25, -0.2) is 4.39 Å². The summed E-state index contributed by atoms with van der Waals surface area (Å²) < 4.78 is 18.6. The standard InChI is InChI=1S/C12H17FN2O2S/c1-17-5-2-6-18-8-10-4-3-9(7-11(10)13)12(14)15-16/h3-4,7,16H,2,5-6,8H2,1H3,(H2,14,15). The number of hydrogen-bond acceptors (Lipinski definition) is 4. The molecule has 0 unspecified atom stereocenters. The van der Waals surface area contributed by atoms with Crippen molar-refractivity contribution in [2.45, 2.75) is 12.2 Å². The smallest absolute Gasteiger partial charge is 0.170 e. The van der Waals surface area contributed by atoms with Crippen molar-refractivity contribution in [1.29, 1.82) is 0 Å². The summed E-state index contributed by atoms with van der Waals surface area (Å²) in [6, 6.07) is 4.58. The molecule has 0 fully saturated rings. The summed E-state index contributed by atoms with van der Waals surface area (Å²) in [6.07, 6.45) is 0.949. The van der Waals surface area contributed by atoms with E-state index in [9.17, 15) is 4.39 Å². The third kappa shape index (κ3) is 4.54. The summed E-state index contributed by atoms with van der Waals surface area (Å²) >= 11 is 1.65. The Morgan fingerprint density at radius 1 is 1.56 bits per heavy atom. The highest BCUT2D eigenvalue weighted by Crippen LogP contribution is 2.17. The molecule has 3 N–H and O–H groups in total. The topological polar surface area (TPSA) is 67.8 Å². The molecule has 0 atom stereocenters. The molecule has 0 saturated heterocycles. The maximum atomic E-state index is 13.7. The largest absolute Gasteiger partial charge is 0.409 e. The van der Waals surface area contributed by atoms with Gasteiger partial charge in [0.2, 0.25) is 0 Å². The van der Waals surface area contributed by atoms with Crippen LogP contribution in [0.15, 0.2) is 23.4 Å². The second-order valence-electron chi connectivity index (χ2n) is 3.69. The van der Waals surface area contributed by atoms with E-state index in [1.165, 1.54) is 6.07 Å². The minimum Gasteiger partial charge on any atom is -0.409 e. The fourth-order valence-electron chi connectivity index (χ4n) is 1.37. The second kappa shape index (κ2) is 7.94. The minimum atomic E-state index is -0.335. The molecule has 18 heavy (non-hydrogen) atoms. The SMILES string of the molecule is COCCCSCc1ccc(C(N)=NO)cc1F. The summed E-state index contributed by atoms with van der Waals surface area (Å²) in [7, 11) is 1.66. The third-order valence-corrected chi connectivity index (χ3v) is 3.44. The van der Waals surface area contributed by atoms with Crippen LogP contribution in [0.2, 0.25) is 0 Å². The number of ether oxygens (including phenoxy) is 1. The molecule has 1 rings (SSSR count). The molecular formula is C12H17FN2O2S. The van der Waals surface area contributed by atoms with Crippen molar-refractivity contribution in [3.8, 4) is 0 Å². The Bertz CT molecular complexity index is 413. The average Bonchev–Trinajstić information content (AvgIpc) is 2.39. The van der Waals surface area contributed by atoms with E-state index >= 15 is 0 Å². The van der Waals surface area contributed by atoms with E-state index in [0.29, 0.717) is 16.9 Å². The van der Waals surface area contributed by atoms with Gasteiger partial charge in [0.1, 0.15) is 5.82 Å². The fraction of sp³-hybridized carbons (Fsp3) is 0.417. The molecule has 0 saturated carbocycles. The maximum absolute atomic E-state index is 13.7. The lowest BCUT2D eigenvalue weighted by Gasteiger charge is -2.05. The zero-order valence-corrected chi connectivity index (χ0v) is 11.0. The van der Waals surface area contributed by atoms with E-state index in [1.54, 1.807) is 31.0 Å². The maximum Gasteiger partial charge on any atom is 0.170 e. The Balaban J connectivity index is 2.52. The monoisotopic (exact) mass is 272 g/mol. The van der Waals surface area contributed by atoms with Crippen LogP contribution in [-0.2, 0) is 10.5 Å². The van der Waals surface area contributed by atoms with Crippen molar-refractivity contribution >= 4 is 17.6 Å². The van der Waals surface area contributed by atoms with Crippen molar-refractivity contribution in [2.24, 2.45) is 10.9 Å². The van der Waals surface area contributed by atoms with Crippen LogP contribution in [0.1, 0.15) is 17.5 Å². The summed E-state index contributed by atoms with van der Waals surface area (Å²) in [4.78, 5) is 0. The van der Waals surface area contributed by atoms with Crippen LogP contribution >= 0.6 is 11.8 Å². The first-order valence-corrected chi connectivity index (χ1v) is 6.67. The van der Waals surface area contributed by atoms with Crippen molar-refractivity contribution in [3.05, 3.63) is 35.1 Å². The molecule has 1 aromatic carbocycles. The van der Waals surface area contributed by atoms with Crippen LogP contribution in [0.25, 0.3) is 0 Å². The number of methoxy groups -OCH3 is 1. The molecule has 0 aliphatic heterocycles. The lowest BCUT2D eigenvalue weighted by molar-refractivity contribution is 0.200. The summed E-state index contributed by atoms with van der Waals surface area (Å²) in [5.41, 5.74) is 6.38. The molecule has 0 heterocycles. The fourth-order valence-corrected chi connectivity index (χ4v) is 2.29. The van der Waals surface area contributed by atoms with Crippen molar-refractivity contribution in [3.63, 3.8) is 0 Å². The Kier molecular flexibility index (Phi) is 6.53. The van der Waals surface area contributed by atoms with Gasteiger partial charge < -0.3 is 15.7 Å². The molecule has 0 aromatic heterocycles. The second-order valence-corrected chi connectivity index (χ2v) is 4.80. The van der Waals surface area contributed by atoms with Gasteiger partial charge in [0.05, 0.1) is 0 Å². The molecular weight excluding hydrogens is 255 g/mol. The van der Waals surface area contributed by atoms with Crippen molar-refractivity contribution < 1.29 is 14.3 Å². The van der Waals surface area contributed by atoms with Crippen LogP contribution in [0.4, 0.5) is 4.39 Å². The normalized spacial score (nSPS) is 11.8. The first-order chi connectivity index (χ1) is 8.69. The van der Waals surface area contributed by atoms with E-state index in [2.05, 4.69) is 5.16 Å². The number of halogens is 1. The van der Waals surface area contributed by atoms with E-state index in [0.717, 1.165) is 18.8 Å². The van der Waals surface area contributed by atoms with Crippen LogP contribution in [0.5, 0.6) is 0 Å². The summed E-state index contributed by atoms with van der Waals surface area (Å²) in [5.74, 6) is 1.10. The average molecular weight is 272 g/mol. The minimum absolute atomic E-state index is 0.0896. The Hall–Kier alpha value is -1.27. The number of nitrogens with two attached hydrogens (primary N) is 1. The van der Waals surface area contributed by atoms with Gasteiger partial charge in [-0.05, 0) is 23.8 Å². The molecule has 0 aliphatic carbocycles. The predicted octanol–water partition coefficient (Wildman–Crippen LogP) is 2.19. The predicted molar refractivity (Wildman–Crippen MR) is 71.6 cm³/mol. The van der Waals surface area contributed by atoms with E-state index in [-0.39, 0.29) is 11.7 Å². The number of amidine groups is 1. The van der Waals surface area contributed by atoms with Crippen LogP contribution in [0, 0.1) is 5.82 Å². The van der Waals surface area contributed by atoms with Gasteiger partial charge in [-0.1, -0.05) is 17.3 Å². The Morgan fingerprint density at radius 2 is 2.33 bits per heavy atom. The highest BCUT2D eigenvalue weighted by molar-refractivity contribution is 7.98. The van der Waals surface area contributed by atoms with Crippen LogP contribution in [-0.4, -0.2) is 30.5 Å². The highest BCUT2D eigenvalue weighted by atomic mass is 32.2. The number of hydrogen-bond donors (Lipinski definition) is 2. The number of rotatable bonds is 7. The lowest BCUT2D eigenvalue weighted by atomic mass is 10.1. The number of benzene rings is 1. The molecule has 4 nitrogen and oxygen atoms in total. The Labute approximate surface area is 110 Å². The first kappa shape index (κ1) is 14.8. The van der Waals surface area contributed by atoms with Gasteiger partial charge in [0.15, 0.2) is 5.84 Å². The van der Waals surface area contributed by atoms with Gasteiger partial charge >= 0.3 is 0 Å². The van der Waals surface area contributed by atoms with Gasteiger partial charge in [-0.3, -0.25) is 0 Å². The van der Waals surface area contributed by atoms with Crippen molar-refractivity contribution in [2.75, 3.05) is 19.5 Å². The highest BCUT2D eigenvalue weighted by Gasteiger charge is 2.06. The molecule has 0 bridgehead atoms. The number of oxime groups is 1. The summed E-state index contributed by atoms with van der Waals surface area (Å²) in [5, 5.41) is 11.3. The molecule has 0 spiro atoms. The molecule has 6 heteroatoms. The molecule has 0 amide bonds. The zero-order valence-electron chi connectivity index (χ0n) is 10.2. The zero-order chi connectivity index (χ0) is 13.4. The number of thioether (sulfide) groups is 1. The lowest BCUT2D eigenvalue weighted by Crippen LogP contribution is -2.13. The van der Waals surface area contributed by atoms with Crippen LogP contribution < -0.4 is 5.73 Å². The molecule has 0 aliphatic rings. The Morgan fingerprint density at radius 3 is 2.94 bits per heavy atom. The van der Waals surface area contributed by atoms with Gasteiger partial charge in [0.25, 0.3) is 0 Å². The van der Waals surface area contributed by atoms with E-state index in [1.807, 2.05) is 0 Å². The van der Waals surface area contributed by atoms with Gasteiger partial charge in [-0.15, -0.1) is 0 Å². The third-order valence-electron chi connectivity index (χ3n) is 2.35. The molecule has 100 valence electrons. The van der Waals surface area contributed by atoms with Crippen LogP contribution in [0.3, 0.4) is 0 Å². The van der Waals surface area contributed by atoms with E-state index in [4.69, 9.17) is 15.7 Å². The summed E-state index contributed by atoms with van der Waals surface area (Å²) in [6.45, 7) is 0.720. The van der Waals surface area contributed by atoms with Crippen molar-refractivity contribution in [1.82, 2.24) is 0 Å². The van der Waals surface area contributed by atoms with E-state index < -0.39 is 0 Å². The van der Waals surface area contributed by atoms with Gasteiger partial charge in [-0.2, -0.15) is 11.8 Å². The molecule has 0 radical (unpaired) electrons.